The number of anilines is 1. The molecule has 2 aromatic carbocycles. The standard InChI is InChI=1S/C22H20N4O6/c1-3-31-16-9-7-15(8-10-16)24-21(27)22(28)25-23-13-17-11-12-20(32-17)18-5-4-6-19(14(18)2)26(29)30/h4-13H,3H2,1-2H3,(H,24,27)(H,25,28)/b23-13+. The first-order chi connectivity index (χ1) is 15.4. The van der Waals surface area contributed by atoms with Gasteiger partial charge in [-0.2, -0.15) is 5.10 Å². The summed E-state index contributed by atoms with van der Waals surface area (Å²) in [6.07, 6.45) is 1.22. The van der Waals surface area contributed by atoms with E-state index in [1.807, 2.05) is 6.92 Å². The lowest BCUT2D eigenvalue weighted by molar-refractivity contribution is -0.385. The number of hydrazone groups is 1. The summed E-state index contributed by atoms with van der Waals surface area (Å²) < 4.78 is 10.9. The Morgan fingerprint density at radius 1 is 1.12 bits per heavy atom. The van der Waals surface area contributed by atoms with Gasteiger partial charge in [-0.3, -0.25) is 19.7 Å². The van der Waals surface area contributed by atoms with Crippen molar-refractivity contribution < 1.29 is 23.7 Å². The van der Waals surface area contributed by atoms with Gasteiger partial charge in [0.25, 0.3) is 5.69 Å². The molecule has 0 aliphatic carbocycles. The van der Waals surface area contributed by atoms with E-state index in [9.17, 15) is 19.7 Å². The van der Waals surface area contributed by atoms with Crippen molar-refractivity contribution in [1.82, 2.24) is 5.43 Å². The quantitative estimate of drug-likeness (QED) is 0.251. The Morgan fingerprint density at radius 3 is 2.56 bits per heavy atom. The molecular weight excluding hydrogens is 416 g/mol. The summed E-state index contributed by atoms with van der Waals surface area (Å²) in [5.41, 5.74) is 3.56. The Kier molecular flexibility index (Phi) is 6.96. The zero-order chi connectivity index (χ0) is 23.1. The van der Waals surface area contributed by atoms with E-state index in [0.29, 0.717) is 34.9 Å². The van der Waals surface area contributed by atoms with Crippen LogP contribution in [0.4, 0.5) is 11.4 Å². The first kappa shape index (κ1) is 22.2. The summed E-state index contributed by atoms with van der Waals surface area (Å²) in [6, 6.07) is 14.5. The molecule has 0 spiro atoms. The van der Waals surface area contributed by atoms with Gasteiger partial charge in [-0.25, -0.2) is 5.43 Å². The largest absolute Gasteiger partial charge is 0.494 e. The Bertz CT molecular complexity index is 1170. The van der Waals surface area contributed by atoms with Crippen LogP contribution in [-0.2, 0) is 9.59 Å². The van der Waals surface area contributed by atoms with E-state index in [2.05, 4.69) is 15.8 Å². The summed E-state index contributed by atoms with van der Waals surface area (Å²) >= 11 is 0. The van der Waals surface area contributed by atoms with Crippen LogP contribution in [0.2, 0.25) is 0 Å². The van der Waals surface area contributed by atoms with Gasteiger partial charge in [-0.1, -0.05) is 12.1 Å². The number of nitrogens with zero attached hydrogens (tertiary/aromatic N) is 2. The predicted molar refractivity (Wildman–Crippen MR) is 118 cm³/mol. The normalized spacial score (nSPS) is 10.7. The van der Waals surface area contributed by atoms with Crippen LogP contribution in [-0.4, -0.2) is 29.6 Å². The molecule has 0 bridgehead atoms. The topological polar surface area (TPSA) is 136 Å². The maximum atomic E-state index is 12.0. The lowest BCUT2D eigenvalue weighted by Crippen LogP contribution is -2.32. The van der Waals surface area contributed by atoms with Gasteiger partial charge in [-0.15, -0.1) is 0 Å². The van der Waals surface area contributed by atoms with Crippen LogP contribution in [0.5, 0.6) is 5.75 Å². The van der Waals surface area contributed by atoms with Crippen LogP contribution in [0.1, 0.15) is 18.2 Å². The van der Waals surface area contributed by atoms with Crippen molar-refractivity contribution in [2.45, 2.75) is 13.8 Å². The van der Waals surface area contributed by atoms with Crippen molar-refractivity contribution in [3.63, 3.8) is 0 Å². The molecule has 0 aliphatic rings. The summed E-state index contributed by atoms with van der Waals surface area (Å²) in [5, 5.41) is 17.3. The molecule has 1 aromatic heterocycles. The van der Waals surface area contributed by atoms with Crippen LogP contribution in [0.25, 0.3) is 11.3 Å². The van der Waals surface area contributed by atoms with Crippen molar-refractivity contribution in [3.05, 3.63) is 76.0 Å². The Labute approximate surface area is 183 Å². The molecular formula is C22H20N4O6. The lowest BCUT2D eigenvalue weighted by atomic mass is 10.1. The SMILES string of the molecule is CCOc1ccc(NC(=O)C(=O)N/N=C/c2ccc(-c3cccc([N+](=O)[O-])c3C)o2)cc1. The van der Waals surface area contributed by atoms with Crippen LogP contribution < -0.4 is 15.5 Å². The highest BCUT2D eigenvalue weighted by Crippen LogP contribution is 2.30. The molecule has 10 heteroatoms. The Balaban J connectivity index is 1.59. The highest BCUT2D eigenvalue weighted by Gasteiger charge is 2.16. The van der Waals surface area contributed by atoms with Crippen LogP contribution in [0, 0.1) is 17.0 Å². The summed E-state index contributed by atoms with van der Waals surface area (Å²) in [5.74, 6) is -0.502. The molecule has 1 heterocycles. The van der Waals surface area contributed by atoms with Crippen LogP contribution in [0.3, 0.4) is 0 Å². The molecule has 0 saturated carbocycles. The van der Waals surface area contributed by atoms with Crippen molar-refractivity contribution >= 4 is 29.4 Å². The van der Waals surface area contributed by atoms with Gasteiger partial charge in [0.15, 0.2) is 0 Å². The second kappa shape index (κ2) is 10.0. The minimum absolute atomic E-state index is 0.0140. The number of ether oxygens (including phenoxy) is 1. The number of carbonyl (C=O) groups is 2. The number of nitro groups is 1. The number of carbonyl (C=O) groups excluding carboxylic acids is 2. The first-order valence-corrected chi connectivity index (χ1v) is 9.60. The van der Waals surface area contributed by atoms with Gasteiger partial charge in [0.2, 0.25) is 0 Å². The third-order valence-electron chi connectivity index (χ3n) is 4.38. The van der Waals surface area contributed by atoms with Crippen LogP contribution in [0.15, 0.2) is 64.1 Å². The summed E-state index contributed by atoms with van der Waals surface area (Å²) in [6.45, 7) is 4.01. The molecule has 0 aliphatic heterocycles. The molecule has 32 heavy (non-hydrogen) atoms. The fourth-order valence-corrected chi connectivity index (χ4v) is 2.85. The summed E-state index contributed by atoms with van der Waals surface area (Å²) in [4.78, 5) is 34.5. The van der Waals surface area contributed by atoms with Gasteiger partial charge in [0, 0.05) is 22.9 Å². The maximum absolute atomic E-state index is 12.0. The zero-order valence-corrected chi connectivity index (χ0v) is 17.3. The zero-order valence-electron chi connectivity index (χ0n) is 17.3. The maximum Gasteiger partial charge on any atom is 0.329 e. The fraction of sp³-hybridized carbons (Fsp3) is 0.136. The molecule has 3 rings (SSSR count). The predicted octanol–water partition coefficient (Wildman–Crippen LogP) is 3.65. The molecule has 0 unspecified atom stereocenters. The number of hydrogen-bond acceptors (Lipinski definition) is 7. The van der Waals surface area contributed by atoms with Gasteiger partial charge in [0.05, 0.1) is 17.7 Å². The Morgan fingerprint density at radius 2 is 1.88 bits per heavy atom. The molecule has 2 N–H and O–H groups in total. The fourth-order valence-electron chi connectivity index (χ4n) is 2.85. The van der Waals surface area contributed by atoms with E-state index in [4.69, 9.17) is 9.15 Å². The van der Waals surface area contributed by atoms with Crippen molar-refractivity contribution in [3.8, 4) is 17.1 Å². The Hall–Kier alpha value is -4.47. The van der Waals surface area contributed by atoms with E-state index in [0.717, 1.165) is 0 Å². The molecule has 0 saturated heterocycles. The lowest BCUT2D eigenvalue weighted by Gasteiger charge is -2.06. The molecule has 0 fully saturated rings. The first-order valence-electron chi connectivity index (χ1n) is 9.60. The van der Waals surface area contributed by atoms with Crippen molar-refractivity contribution in [2.75, 3.05) is 11.9 Å². The number of furan rings is 1. The van der Waals surface area contributed by atoms with E-state index >= 15 is 0 Å². The number of amides is 2. The van der Waals surface area contributed by atoms with Gasteiger partial charge in [0.1, 0.15) is 17.3 Å². The number of hydrogen-bond donors (Lipinski definition) is 2. The smallest absolute Gasteiger partial charge is 0.329 e. The van der Waals surface area contributed by atoms with Gasteiger partial charge >= 0.3 is 11.8 Å². The van der Waals surface area contributed by atoms with Gasteiger partial charge in [-0.05, 0) is 50.2 Å². The average Bonchev–Trinajstić information content (AvgIpc) is 3.23. The molecule has 3 aromatic rings. The number of nitro benzene ring substituents is 1. The van der Waals surface area contributed by atoms with Crippen molar-refractivity contribution in [1.29, 1.82) is 0 Å². The van der Waals surface area contributed by atoms with Crippen LogP contribution >= 0.6 is 0 Å². The molecule has 0 radical (unpaired) electrons. The van der Waals surface area contributed by atoms with Gasteiger partial charge < -0.3 is 14.5 Å². The van der Waals surface area contributed by atoms with E-state index < -0.39 is 16.7 Å². The molecule has 10 nitrogen and oxygen atoms in total. The third kappa shape index (κ3) is 5.36. The van der Waals surface area contributed by atoms with E-state index in [1.54, 1.807) is 55.5 Å². The minimum Gasteiger partial charge on any atom is -0.494 e. The highest BCUT2D eigenvalue weighted by atomic mass is 16.6. The number of benzene rings is 2. The molecule has 2 amide bonds. The highest BCUT2D eigenvalue weighted by molar-refractivity contribution is 6.39. The van der Waals surface area contributed by atoms with E-state index in [-0.39, 0.29) is 11.4 Å². The molecule has 0 atom stereocenters. The van der Waals surface area contributed by atoms with Crippen molar-refractivity contribution in [2.24, 2.45) is 5.10 Å². The monoisotopic (exact) mass is 436 g/mol. The third-order valence-corrected chi connectivity index (χ3v) is 4.38. The molecule has 164 valence electrons. The average molecular weight is 436 g/mol. The summed E-state index contributed by atoms with van der Waals surface area (Å²) in [7, 11) is 0. The second-order valence-electron chi connectivity index (χ2n) is 6.52. The number of rotatable bonds is 7. The van der Waals surface area contributed by atoms with E-state index in [1.165, 1.54) is 12.3 Å². The minimum atomic E-state index is -0.962. The number of nitrogens with one attached hydrogen (secondary N) is 2. The second-order valence-corrected chi connectivity index (χ2v) is 6.52.